The normalized spacial score (nSPS) is 16.2. The summed E-state index contributed by atoms with van der Waals surface area (Å²) in [5.74, 6) is -1.92. The molecule has 2 N–H and O–H groups in total. The van der Waals surface area contributed by atoms with Crippen LogP contribution in [0, 0.1) is 5.82 Å². The molecule has 0 saturated heterocycles. The largest absolute Gasteiger partial charge is 0.381 e. The number of fused-ring (bicyclic) bond motifs is 1. The van der Waals surface area contributed by atoms with Crippen molar-refractivity contribution in [2.45, 2.75) is 25.7 Å². The predicted molar refractivity (Wildman–Crippen MR) is 91.1 cm³/mol. The van der Waals surface area contributed by atoms with Crippen LogP contribution in [-0.2, 0) is 20.7 Å². The molecule has 0 bridgehead atoms. The molecule has 0 saturated carbocycles. The number of nitrogens with one attached hydrogen (secondary N) is 2. The van der Waals surface area contributed by atoms with Gasteiger partial charge in [0.2, 0.25) is 16.9 Å². The molecule has 25 heavy (non-hydrogen) atoms. The highest BCUT2D eigenvalue weighted by Gasteiger charge is 2.31. The van der Waals surface area contributed by atoms with Gasteiger partial charge in [-0.2, -0.15) is 0 Å². The van der Waals surface area contributed by atoms with Crippen molar-refractivity contribution in [2.24, 2.45) is 0 Å². The Balaban J connectivity index is 1.71. The maximum absolute atomic E-state index is 13.5. The van der Waals surface area contributed by atoms with Gasteiger partial charge in [-0.3, -0.25) is 14.9 Å². The van der Waals surface area contributed by atoms with Gasteiger partial charge in [0.1, 0.15) is 10.8 Å². The number of ether oxygens (including phenoxy) is 1. The lowest BCUT2D eigenvalue weighted by atomic mass is 9.90. The number of aromatic nitrogens is 2. The van der Waals surface area contributed by atoms with Gasteiger partial charge in [-0.25, -0.2) is 4.39 Å². The van der Waals surface area contributed by atoms with Crippen molar-refractivity contribution in [3.8, 4) is 0 Å². The van der Waals surface area contributed by atoms with Crippen LogP contribution in [0.3, 0.4) is 0 Å². The Bertz CT molecular complexity index is 795. The monoisotopic (exact) mass is 364 g/mol. The number of carbonyl (C=O) groups is 2. The minimum atomic E-state index is -0.768. The van der Waals surface area contributed by atoms with Crippen LogP contribution in [0.1, 0.15) is 29.8 Å². The summed E-state index contributed by atoms with van der Waals surface area (Å²) in [6.07, 6.45) is 0.569. The molecule has 1 aromatic heterocycles. The highest BCUT2D eigenvalue weighted by atomic mass is 32.1. The molecule has 3 rings (SSSR count). The summed E-state index contributed by atoms with van der Waals surface area (Å²) in [5.41, 5.74) is 0.908. The Hall–Kier alpha value is -2.39. The fraction of sp³-hybridized carbons (Fsp3) is 0.375. The van der Waals surface area contributed by atoms with E-state index in [0.717, 1.165) is 5.01 Å². The van der Waals surface area contributed by atoms with Gasteiger partial charge in [-0.05, 0) is 30.7 Å². The number of nitrogens with zero attached hydrogens (tertiary/aromatic N) is 2. The lowest BCUT2D eigenvalue weighted by Gasteiger charge is -2.24. The third-order valence-electron chi connectivity index (χ3n) is 3.73. The second-order valence-corrected chi connectivity index (χ2v) is 6.54. The molecule has 132 valence electrons. The zero-order valence-corrected chi connectivity index (χ0v) is 14.4. The molecule has 0 fully saturated rings. The number of hydrogen-bond acceptors (Lipinski definition) is 6. The van der Waals surface area contributed by atoms with Gasteiger partial charge in [0.25, 0.3) is 0 Å². The van der Waals surface area contributed by atoms with E-state index in [-0.39, 0.29) is 12.3 Å². The van der Waals surface area contributed by atoms with Crippen molar-refractivity contribution >= 4 is 34.0 Å². The Morgan fingerprint density at radius 3 is 3.12 bits per heavy atom. The lowest BCUT2D eigenvalue weighted by molar-refractivity contribution is -0.123. The number of benzene rings is 1. The number of amides is 2. The Morgan fingerprint density at radius 1 is 1.48 bits per heavy atom. The Morgan fingerprint density at radius 2 is 2.32 bits per heavy atom. The first-order valence-corrected chi connectivity index (χ1v) is 8.68. The average Bonchev–Trinajstić information content (AvgIpc) is 3.02. The van der Waals surface area contributed by atoms with Crippen molar-refractivity contribution in [1.82, 2.24) is 10.2 Å². The summed E-state index contributed by atoms with van der Waals surface area (Å²) in [7, 11) is 0. The van der Waals surface area contributed by atoms with E-state index >= 15 is 0 Å². The first-order chi connectivity index (χ1) is 12.1. The molecular formula is C16H17FN4O3S. The molecule has 2 amide bonds. The van der Waals surface area contributed by atoms with Crippen molar-refractivity contribution in [3.63, 3.8) is 0 Å². The van der Waals surface area contributed by atoms with E-state index in [0.29, 0.717) is 36.0 Å². The van der Waals surface area contributed by atoms with Crippen molar-refractivity contribution in [3.05, 3.63) is 34.6 Å². The summed E-state index contributed by atoms with van der Waals surface area (Å²) >= 11 is 1.25. The van der Waals surface area contributed by atoms with Crippen molar-refractivity contribution < 1.29 is 18.7 Å². The first-order valence-electron chi connectivity index (χ1n) is 7.87. The predicted octanol–water partition coefficient (Wildman–Crippen LogP) is 2.32. The SMILES string of the molecule is CCOCCc1nnc(NC(=O)C2CC(=O)Nc3ccc(F)cc32)s1. The van der Waals surface area contributed by atoms with E-state index in [9.17, 15) is 14.0 Å². The molecule has 0 radical (unpaired) electrons. The van der Waals surface area contributed by atoms with Gasteiger partial charge >= 0.3 is 0 Å². The van der Waals surface area contributed by atoms with E-state index < -0.39 is 17.6 Å². The van der Waals surface area contributed by atoms with Gasteiger partial charge in [0.05, 0.1) is 12.5 Å². The summed E-state index contributed by atoms with van der Waals surface area (Å²) in [6.45, 7) is 3.07. The van der Waals surface area contributed by atoms with Gasteiger partial charge in [0, 0.05) is 25.1 Å². The summed E-state index contributed by atoms with van der Waals surface area (Å²) < 4.78 is 18.8. The Kier molecular flexibility index (Phi) is 5.34. The molecule has 0 aliphatic carbocycles. The molecular weight excluding hydrogens is 347 g/mol. The van der Waals surface area contributed by atoms with Gasteiger partial charge in [0.15, 0.2) is 0 Å². The van der Waals surface area contributed by atoms with E-state index in [1.165, 1.54) is 29.5 Å². The van der Waals surface area contributed by atoms with Crippen LogP contribution < -0.4 is 10.6 Å². The lowest BCUT2D eigenvalue weighted by Crippen LogP contribution is -2.30. The van der Waals surface area contributed by atoms with E-state index in [1.807, 2.05) is 6.92 Å². The molecule has 2 aromatic rings. The number of rotatable bonds is 6. The van der Waals surface area contributed by atoms with E-state index in [1.54, 1.807) is 0 Å². The summed E-state index contributed by atoms with van der Waals surface area (Å²) in [4.78, 5) is 24.4. The van der Waals surface area contributed by atoms with E-state index in [2.05, 4.69) is 20.8 Å². The zero-order valence-electron chi connectivity index (χ0n) is 13.5. The number of anilines is 2. The summed E-state index contributed by atoms with van der Waals surface area (Å²) in [5, 5.41) is 14.3. The topological polar surface area (TPSA) is 93.2 Å². The van der Waals surface area contributed by atoms with Crippen LogP contribution in [0.4, 0.5) is 15.2 Å². The molecule has 7 nitrogen and oxygen atoms in total. The second-order valence-electron chi connectivity index (χ2n) is 5.47. The van der Waals surface area contributed by atoms with Crippen LogP contribution in [0.2, 0.25) is 0 Å². The zero-order chi connectivity index (χ0) is 17.8. The number of hydrogen-bond donors (Lipinski definition) is 2. The fourth-order valence-corrected chi connectivity index (χ4v) is 3.29. The third kappa shape index (κ3) is 4.18. The highest BCUT2D eigenvalue weighted by molar-refractivity contribution is 7.15. The molecule has 9 heteroatoms. The van der Waals surface area contributed by atoms with Gasteiger partial charge in [-0.1, -0.05) is 11.3 Å². The van der Waals surface area contributed by atoms with Crippen molar-refractivity contribution in [2.75, 3.05) is 23.8 Å². The molecule has 1 unspecified atom stereocenters. The Labute approximate surface area is 147 Å². The summed E-state index contributed by atoms with van der Waals surface area (Å²) in [6, 6.07) is 3.97. The van der Waals surface area contributed by atoms with Gasteiger partial charge < -0.3 is 10.1 Å². The van der Waals surface area contributed by atoms with Crippen LogP contribution in [0.25, 0.3) is 0 Å². The first kappa shape index (κ1) is 17.4. The van der Waals surface area contributed by atoms with Crippen LogP contribution in [0.5, 0.6) is 0 Å². The van der Waals surface area contributed by atoms with Crippen LogP contribution in [-0.4, -0.2) is 35.2 Å². The molecule has 2 heterocycles. The van der Waals surface area contributed by atoms with Gasteiger partial charge in [-0.15, -0.1) is 10.2 Å². The third-order valence-corrected chi connectivity index (χ3v) is 4.63. The maximum atomic E-state index is 13.5. The van der Waals surface area contributed by atoms with Crippen molar-refractivity contribution in [1.29, 1.82) is 0 Å². The minimum Gasteiger partial charge on any atom is -0.381 e. The fourth-order valence-electron chi connectivity index (χ4n) is 2.57. The maximum Gasteiger partial charge on any atom is 0.234 e. The van der Waals surface area contributed by atoms with Crippen LogP contribution >= 0.6 is 11.3 Å². The highest BCUT2D eigenvalue weighted by Crippen LogP contribution is 2.33. The second kappa shape index (κ2) is 7.66. The molecule has 1 aliphatic rings. The average molecular weight is 364 g/mol. The van der Waals surface area contributed by atoms with Crippen LogP contribution in [0.15, 0.2) is 18.2 Å². The van der Waals surface area contributed by atoms with E-state index in [4.69, 9.17) is 4.74 Å². The molecule has 0 spiro atoms. The molecule has 1 aromatic carbocycles. The minimum absolute atomic E-state index is 0.0434. The quantitative estimate of drug-likeness (QED) is 0.768. The molecule has 1 atom stereocenters. The standard InChI is InChI=1S/C16H17FN4O3S/c1-2-24-6-5-14-20-21-16(25-14)19-15(23)11-8-13(22)18-12-4-3-9(17)7-10(11)12/h3-4,7,11H,2,5-6,8H2,1H3,(H,18,22)(H,19,21,23). The smallest absolute Gasteiger partial charge is 0.234 e. The number of carbonyl (C=O) groups excluding carboxylic acids is 2. The molecule has 1 aliphatic heterocycles. The number of halogens is 1.